The fraction of sp³-hybridized carbons (Fsp3) is 0.417. The summed E-state index contributed by atoms with van der Waals surface area (Å²) >= 11 is 0. The zero-order chi connectivity index (χ0) is 11.4. The van der Waals surface area contributed by atoms with E-state index in [2.05, 4.69) is 5.16 Å². The Bertz CT molecular complexity index is 384. The van der Waals surface area contributed by atoms with Crippen molar-refractivity contribution in [1.82, 2.24) is 0 Å². The van der Waals surface area contributed by atoms with E-state index in [1.165, 1.54) is 12.8 Å². The van der Waals surface area contributed by atoms with Crippen molar-refractivity contribution in [2.45, 2.75) is 31.8 Å². The Morgan fingerprint density at radius 2 is 2.12 bits per heavy atom. The quantitative estimate of drug-likeness (QED) is 0.355. The van der Waals surface area contributed by atoms with Gasteiger partial charge in [-0.3, -0.25) is 0 Å². The number of ether oxygens (including phenoxy) is 1. The second kappa shape index (κ2) is 4.88. The molecule has 4 heteroatoms. The van der Waals surface area contributed by atoms with Crippen molar-refractivity contribution in [1.29, 1.82) is 0 Å². The van der Waals surface area contributed by atoms with Gasteiger partial charge in [0.05, 0.1) is 6.10 Å². The minimum atomic E-state index is 0.108. The van der Waals surface area contributed by atoms with Crippen LogP contribution in [-0.2, 0) is 0 Å². The SMILES string of the molecule is N/C(=N\O)c1cccc(OC2CCCC2)c1. The van der Waals surface area contributed by atoms with Gasteiger partial charge >= 0.3 is 0 Å². The van der Waals surface area contributed by atoms with E-state index in [-0.39, 0.29) is 5.84 Å². The zero-order valence-corrected chi connectivity index (χ0v) is 9.10. The molecule has 0 unspecified atom stereocenters. The maximum absolute atomic E-state index is 8.59. The van der Waals surface area contributed by atoms with Crippen molar-refractivity contribution in [3.8, 4) is 5.75 Å². The van der Waals surface area contributed by atoms with Crippen LogP contribution in [0.5, 0.6) is 5.75 Å². The number of hydrogen-bond acceptors (Lipinski definition) is 3. The van der Waals surface area contributed by atoms with Gasteiger partial charge in [0.25, 0.3) is 0 Å². The highest BCUT2D eigenvalue weighted by Crippen LogP contribution is 2.24. The Hall–Kier alpha value is -1.71. The third kappa shape index (κ3) is 2.45. The molecule has 1 aliphatic carbocycles. The van der Waals surface area contributed by atoms with Crippen molar-refractivity contribution < 1.29 is 9.94 Å². The molecule has 0 saturated heterocycles. The van der Waals surface area contributed by atoms with Crippen molar-refractivity contribution in [3.63, 3.8) is 0 Å². The molecule has 1 saturated carbocycles. The molecule has 0 spiro atoms. The molecule has 1 aromatic carbocycles. The first kappa shape index (κ1) is 10.8. The van der Waals surface area contributed by atoms with E-state index >= 15 is 0 Å². The monoisotopic (exact) mass is 220 g/mol. The van der Waals surface area contributed by atoms with Gasteiger partial charge in [0.15, 0.2) is 5.84 Å². The van der Waals surface area contributed by atoms with E-state index < -0.39 is 0 Å². The number of amidine groups is 1. The average Bonchev–Trinajstić information content (AvgIpc) is 2.81. The highest BCUT2D eigenvalue weighted by atomic mass is 16.5. The zero-order valence-electron chi connectivity index (χ0n) is 9.10. The molecule has 16 heavy (non-hydrogen) atoms. The van der Waals surface area contributed by atoms with E-state index in [0.717, 1.165) is 18.6 Å². The van der Waals surface area contributed by atoms with E-state index in [1.807, 2.05) is 12.1 Å². The molecule has 3 N–H and O–H groups in total. The molecule has 0 radical (unpaired) electrons. The van der Waals surface area contributed by atoms with Crippen LogP contribution < -0.4 is 10.5 Å². The lowest BCUT2D eigenvalue weighted by molar-refractivity contribution is 0.210. The highest BCUT2D eigenvalue weighted by Gasteiger charge is 2.16. The van der Waals surface area contributed by atoms with Gasteiger partial charge in [0.2, 0.25) is 0 Å². The Morgan fingerprint density at radius 3 is 2.81 bits per heavy atom. The topological polar surface area (TPSA) is 67.8 Å². The van der Waals surface area contributed by atoms with Crippen LogP contribution in [0.3, 0.4) is 0 Å². The Labute approximate surface area is 94.7 Å². The first-order valence-corrected chi connectivity index (χ1v) is 5.54. The molecule has 1 fully saturated rings. The van der Waals surface area contributed by atoms with Crippen molar-refractivity contribution >= 4 is 5.84 Å². The number of rotatable bonds is 3. The minimum absolute atomic E-state index is 0.108. The first-order valence-electron chi connectivity index (χ1n) is 5.54. The summed E-state index contributed by atoms with van der Waals surface area (Å²) in [6.45, 7) is 0. The van der Waals surface area contributed by atoms with Gasteiger partial charge in [-0.1, -0.05) is 17.3 Å². The fourth-order valence-electron chi connectivity index (χ4n) is 1.99. The average molecular weight is 220 g/mol. The summed E-state index contributed by atoms with van der Waals surface area (Å²) in [5, 5.41) is 11.6. The maximum Gasteiger partial charge on any atom is 0.170 e. The predicted molar refractivity (Wildman–Crippen MR) is 61.8 cm³/mol. The lowest BCUT2D eigenvalue weighted by Crippen LogP contribution is -2.14. The molecule has 1 aromatic rings. The molecule has 0 amide bonds. The van der Waals surface area contributed by atoms with Gasteiger partial charge in [-0.25, -0.2) is 0 Å². The largest absolute Gasteiger partial charge is 0.490 e. The molecule has 1 aliphatic rings. The van der Waals surface area contributed by atoms with Crippen LogP contribution >= 0.6 is 0 Å². The van der Waals surface area contributed by atoms with Crippen LogP contribution in [0.4, 0.5) is 0 Å². The minimum Gasteiger partial charge on any atom is -0.490 e. The van der Waals surface area contributed by atoms with Gasteiger partial charge in [-0.2, -0.15) is 0 Å². The van der Waals surface area contributed by atoms with Gasteiger partial charge < -0.3 is 15.7 Å². The van der Waals surface area contributed by atoms with Crippen molar-refractivity contribution in [2.24, 2.45) is 10.9 Å². The summed E-state index contributed by atoms with van der Waals surface area (Å²) in [4.78, 5) is 0. The Balaban J connectivity index is 2.09. The number of benzene rings is 1. The Morgan fingerprint density at radius 1 is 1.38 bits per heavy atom. The van der Waals surface area contributed by atoms with Crippen LogP contribution in [-0.4, -0.2) is 17.1 Å². The lowest BCUT2D eigenvalue weighted by atomic mass is 10.2. The highest BCUT2D eigenvalue weighted by molar-refractivity contribution is 5.97. The summed E-state index contributed by atoms with van der Waals surface area (Å²) in [6.07, 6.45) is 5.04. The molecule has 86 valence electrons. The summed E-state index contributed by atoms with van der Waals surface area (Å²) < 4.78 is 5.82. The number of hydrogen-bond donors (Lipinski definition) is 2. The molecule has 0 aromatic heterocycles. The molecule has 0 bridgehead atoms. The van der Waals surface area contributed by atoms with E-state index in [0.29, 0.717) is 11.7 Å². The molecular formula is C12H16N2O2. The van der Waals surface area contributed by atoms with Gasteiger partial charge in [-0.15, -0.1) is 0 Å². The Kier molecular flexibility index (Phi) is 3.29. The predicted octanol–water partition coefficient (Wildman–Crippen LogP) is 2.10. The van der Waals surface area contributed by atoms with Crippen LogP contribution in [0, 0.1) is 0 Å². The molecule has 4 nitrogen and oxygen atoms in total. The molecule has 2 rings (SSSR count). The molecule has 0 aliphatic heterocycles. The van der Waals surface area contributed by atoms with Crippen LogP contribution in [0.15, 0.2) is 29.4 Å². The smallest absolute Gasteiger partial charge is 0.170 e. The summed E-state index contributed by atoms with van der Waals surface area (Å²) in [5.74, 6) is 0.896. The summed E-state index contributed by atoms with van der Waals surface area (Å²) in [6, 6.07) is 7.33. The number of nitrogens with zero attached hydrogens (tertiary/aromatic N) is 1. The third-order valence-electron chi connectivity index (χ3n) is 2.84. The van der Waals surface area contributed by atoms with Gasteiger partial charge in [0, 0.05) is 5.56 Å². The van der Waals surface area contributed by atoms with Gasteiger partial charge in [0.1, 0.15) is 5.75 Å². The van der Waals surface area contributed by atoms with E-state index in [9.17, 15) is 0 Å². The third-order valence-corrected chi connectivity index (χ3v) is 2.84. The van der Waals surface area contributed by atoms with Crippen LogP contribution in [0.1, 0.15) is 31.2 Å². The molecule has 0 atom stereocenters. The second-order valence-corrected chi connectivity index (χ2v) is 4.04. The number of nitrogens with two attached hydrogens (primary N) is 1. The molecular weight excluding hydrogens is 204 g/mol. The molecule has 0 heterocycles. The summed E-state index contributed by atoms with van der Waals surface area (Å²) in [5.41, 5.74) is 6.19. The normalized spacial score (nSPS) is 17.6. The maximum atomic E-state index is 8.59. The lowest BCUT2D eigenvalue weighted by Gasteiger charge is -2.13. The first-order chi connectivity index (χ1) is 7.79. The van der Waals surface area contributed by atoms with Crippen LogP contribution in [0.25, 0.3) is 0 Å². The van der Waals surface area contributed by atoms with E-state index in [1.54, 1.807) is 12.1 Å². The van der Waals surface area contributed by atoms with Crippen LogP contribution in [0.2, 0.25) is 0 Å². The van der Waals surface area contributed by atoms with E-state index in [4.69, 9.17) is 15.7 Å². The van der Waals surface area contributed by atoms with Gasteiger partial charge in [-0.05, 0) is 37.8 Å². The van der Waals surface area contributed by atoms with Crippen molar-refractivity contribution in [2.75, 3.05) is 0 Å². The summed E-state index contributed by atoms with van der Waals surface area (Å²) in [7, 11) is 0. The van der Waals surface area contributed by atoms with Crippen molar-refractivity contribution in [3.05, 3.63) is 29.8 Å². The number of oxime groups is 1. The fourth-order valence-corrected chi connectivity index (χ4v) is 1.99. The second-order valence-electron chi connectivity index (χ2n) is 4.04. The standard InChI is InChI=1S/C12H16N2O2/c13-12(14-15)9-4-3-7-11(8-9)16-10-5-1-2-6-10/h3-4,7-8,10,15H,1-2,5-6H2,(H2,13,14).